The Labute approximate surface area is 195 Å². The van der Waals surface area contributed by atoms with E-state index in [1.807, 2.05) is 60.9 Å². The van der Waals surface area contributed by atoms with Gasteiger partial charge in [0, 0.05) is 38.0 Å². The van der Waals surface area contributed by atoms with E-state index in [9.17, 15) is 14.0 Å². The molecule has 0 aromatic heterocycles. The predicted octanol–water partition coefficient (Wildman–Crippen LogP) is 3.67. The van der Waals surface area contributed by atoms with Crippen LogP contribution in [-0.2, 0) is 17.8 Å². The maximum absolute atomic E-state index is 13.6. The van der Waals surface area contributed by atoms with E-state index in [2.05, 4.69) is 10.6 Å². The Morgan fingerprint density at radius 1 is 1.06 bits per heavy atom. The fourth-order valence-corrected chi connectivity index (χ4v) is 4.75. The number of nitrogens with one attached hydrogen (secondary N) is 2. The molecule has 0 radical (unpaired) electrons. The zero-order chi connectivity index (χ0) is 23.6. The summed E-state index contributed by atoms with van der Waals surface area (Å²) in [6.07, 6.45) is 1.89. The number of piperidine rings is 1. The Morgan fingerprint density at radius 3 is 2.30 bits per heavy atom. The van der Waals surface area contributed by atoms with Crippen LogP contribution in [0.25, 0.3) is 0 Å². The van der Waals surface area contributed by atoms with Crippen molar-refractivity contribution in [3.8, 4) is 0 Å². The van der Waals surface area contributed by atoms with Crippen molar-refractivity contribution >= 4 is 11.9 Å². The highest BCUT2D eigenvalue weighted by molar-refractivity contribution is 5.85. The molecule has 0 saturated carbocycles. The largest absolute Gasteiger partial charge is 0.333 e. The van der Waals surface area contributed by atoms with Gasteiger partial charge in [0.15, 0.2) is 0 Å². The highest BCUT2D eigenvalue weighted by Gasteiger charge is 2.51. The smallest absolute Gasteiger partial charge is 0.317 e. The van der Waals surface area contributed by atoms with Gasteiger partial charge in [-0.3, -0.25) is 10.1 Å². The van der Waals surface area contributed by atoms with Gasteiger partial charge < -0.3 is 15.1 Å². The van der Waals surface area contributed by atoms with Crippen LogP contribution < -0.4 is 10.6 Å². The van der Waals surface area contributed by atoms with Gasteiger partial charge in [-0.2, -0.15) is 0 Å². The second-order valence-electron chi connectivity index (χ2n) is 10.1. The van der Waals surface area contributed by atoms with E-state index >= 15 is 0 Å². The Bertz CT molecular complexity index is 980. The molecule has 2 aromatic carbocycles. The summed E-state index contributed by atoms with van der Waals surface area (Å²) in [7, 11) is 0. The molecule has 4 rings (SSSR count). The van der Waals surface area contributed by atoms with Crippen LogP contribution in [0, 0.1) is 5.82 Å². The molecule has 2 N–H and O–H groups in total. The average molecular weight is 453 g/mol. The molecule has 7 heteroatoms. The van der Waals surface area contributed by atoms with E-state index in [1.165, 1.54) is 12.1 Å². The van der Waals surface area contributed by atoms with Gasteiger partial charge in [-0.25, -0.2) is 9.18 Å². The monoisotopic (exact) mass is 452 g/mol. The Morgan fingerprint density at radius 2 is 1.70 bits per heavy atom. The van der Waals surface area contributed by atoms with Gasteiger partial charge in [0.1, 0.15) is 5.82 Å². The van der Waals surface area contributed by atoms with Crippen molar-refractivity contribution in [2.45, 2.75) is 63.8 Å². The second-order valence-corrected chi connectivity index (χ2v) is 10.1. The Kier molecular flexibility index (Phi) is 6.43. The van der Waals surface area contributed by atoms with Crippen LogP contribution in [0.1, 0.15) is 44.7 Å². The summed E-state index contributed by atoms with van der Waals surface area (Å²) in [5, 5.41) is 6.66. The number of likely N-dealkylation sites (tertiary alicyclic amines) is 1. The molecule has 2 heterocycles. The third-order valence-corrected chi connectivity index (χ3v) is 6.42. The molecular formula is C26H33FN4O2. The maximum atomic E-state index is 13.6. The summed E-state index contributed by atoms with van der Waals surface area (Å²) in [4.78, 5) is 30.0. The second kappa shape index (κ2) is 9.14. The molecule has 0 unspecified atom stereocenters. The van der Waals surface area contributed by atoms with Crippen molar-refractivity contribution in [3.05, 3.63) is 71.5 Å². The van der Waals surface area contributed by atoms with Crippen LogP contribution in [0.3, 0.4) is 0 Å². The van der Waals surface area contributed by atoms with E-state index in [0.29, 0.717) is 38.9 Å². The summed E-state index contributed by atoms with van der Waals surface area (Å²) in [5.41, 5.74) is 1.16. The number of hydrogen-bond acceptors (Lipinski definition) is 3. The minimum atomic E-state index is -0.524. The highest BCUT2D eigenvalue weighted by Crippen LogP contribution is 2.35. The van der Waals surface area contributed by atoms with Crippen LogP contribution in [-0.4, -0.2) is 52.1 Å². The summed E-state index contributed by atoms with van der Waals surface area (Å²) in [5.74, 6) is -0.241. The quantitative estimate of drug-likeness (QED) is 0.744. The number of rotatable bonds is 4. The van der Waals surface area contributed by atoms with Crippen LogP contribution in [0.2, 0.25) is 0 Å². The van der Waals surface area contributed by atoms with Gasteiger partial charge in [-0.05, 0) is 50.5 Å². The van der Waals surface area contributed by atoms with Crippen LogP contribution >= 0.6 is 0 Å². The number of carbonyl (C=O) groups excluding carboxylic acids is 2. The standard InChI is InChI=1S/C26H33FN4O2/c1-25(2,3)29-24(33)30-15-13-26(14-16-30)28-22(17-19-7-5-4-6-8-19)23(32)31(26)18-20-9-11-21(27)12-10-20/h4-12,22,28H,13-18H2,1-3H3,(H,29,33)/t22-/m1/s1. The zero-order valence-electron chi connectivity index (χ0n) is 19.6. The summed E-state index contributed by atoms with van der Waals surface area (Å²) >= 11 is 0. The minimum Gasteiger partial charge on any atom is -0.333 e. The molecular weight excluding hydrogens is 419 g/mol. The number of carbonyl (C=O) groups is 2. The molecule has 0 aliphatic carbocycles. The Balaban J connectivity index is 1.53. The van der Waals surface area contributed by atoms with Gasteiger partial charge >= 0.3 is 6.03 Å². The van der Waals surface area contributed by atoms with E-state index in [0.717, 1.165) is 11.1 Å². The van der Waals surface area contributed by atoms with Crippen LogP contribution in [0.5, 0.6) is 0 Å². The fraction of sp³-hybridized carbons (Fsp3) is 0.462. The molecule has 2 saturated heterocycles. The van der Waals surface area contributed by atoms with Gasteiger partial charge in [0.2, 0.25) is 5.91 Å². The topological polar surface area (TPSA) is 64.7 Å². The molecule has 6 nitrogen and oxygen atoms in total. The number of benzene rings is 2. The molecule has 1 atom stereocenters. The predicted molar refractivity (Wildman–Crippen MR) is 126 cm³/mol. The van der Waals surface area contributed by atoms with Crippen LogP contribution in [0.4, 0.5) is 9.18 Å². The molecule has 1 spiro atoms. The first kappa shape index (κ1) is 23.2. The first-order valence-electron chi connectivity index (χ1n) is 11.6. The zero-order valence-corrected chi connectivity index (χ0v) is 19.6. The van der Waals surface area contributed by atoms with Gasteiger partial charge in [0.05, 0.1) is 11.7 Å². The highest BCUT2D eigenvalue weighted by atomic mass is 19.1. The van der Waals surface area contributed by atoms with E-state index < -0.39 is 5.66 Å². The van der Waals surface area contributed by atoms with Crippen molar-refractivity contribution in [1.82, 2.24) is 20.4 Å². The lowest BCUT2D eigenvalue weighted by atomic mass is 9.95. The third kappa shape index (κ3) is 5.36. The Hall–Kier alpha value is -2.93. The number of amides is 3. The van der Waals surface area contributed by atoms with Crippen molar-refractivity contribution in [3.63, 3.8) is 0 Å². The summed E-state index contributed by atoms with van der Waals surface area (Å²) in [6, 6.07) is 15.9. The molecule has 2 fully saturated rings. The van der Waals surface area contributed by atoms with E-state index in [-0.39, 0.29) is 29.3 Å². The molecule has 33 heavy (non-hydrogen) atoms. The third-order valence-electron chi connectivity index (χ3n) is 6.42. The molecule has 2 aliphatic rings. The number of nitrogens with zero attached hydrogens (tertiary/aromatic N) is 2. The number of hydrogen-bond donors (Lipinski definition) is 2. The number of halogens is 1. The molecule has 2 aliphatic heterocycles. The van der Waals surface area contributed by atoms with Crippen LogP contribution in [0.15, 0.2) is 54.6 Å². The lowest BCUT2D eigenvalue weighted by Crippen LogP contribution is -2.61. The first-order valence-corrected chi connectivity index (χ1v) is 11.6. The lowest BCUT2D eigenvalue weighted by Gasteiger charge is -2.45. The summed E-state index contributed by atoms with van der Waals surface area (Å²) < 4.78 is 13.4. The normalized spacial score (nSPS) is 20.4. The lowest BCUT2D eigenvalue weighted by molar-refractivity contribution is -0.134. The van der Waals surface area contributed by atoms with Crippen molar-refractivity contribution < 1.29 is 14.0 Å². The first-order chi connectivity index (χ1) is 15.7. The number of urea groups is 1. The molecule has 2 aromatic rings. The van der Waals surface area contributed by atoms with Gasteiger partial charge in [-0.1, -0.05) is 42.5 Å². The SMILES string of the molecule is CC(C)(C)NC(=O)N1CCC2(CC1)N[C@H](Cc1ccccc1)C(=O)N2Cc1ccc(F)cc1. The maximum Gasteiger partial charge on any atom is 0.317 e. The van der Waals surface area contributed by atoms with Gasteiger partial charge in [0.25, 0.3) is 0 Å². The fourth-order valence-electron chi connectivity index (χ4n) is 4.75. The van der Waals surface area contributed by atoms with Gasteiger partial charge in [-0.15, -0.1) is 0 Å². The van der Waals surface area contributed by atoms with E-state index in [1.54, 1.807) is 12.1 Å². The minimum absolute atomic E-state index is 0.0516. The molecule has 3 amide bonds. The molecule has 0 bridgehead atoms. The van der Waals surface area contributed by atoms with E-state index in [4.69, 9.17) is 0 Å². The molecule has 176 valence electrons. The average Bonchev–Trinajstić information content (AvgIpc) is 3.00. The van der Waals surface area contributed by atoms with Crippen molar-refractivity contribution in [1.29, 1.82) is 0 Å². The van der Waals surface area contributed by atoms with Crippen molar-refractivity contribution in [2.75, 3.05) is 13.1 Å². The van der Waals surface area contributed by atoms with Crippen molar-refractivity contribution in [2.24, 2.45) is 0 Å². The summed E-state index contributed by atoms with van der Waals surface area (Å²) in [6.45, 7) is 7.41.